The van der Waals surface area contributed by atoms with Crippen molar-refractivity contribution < 1.29 is 18.7 Å². The van der Waals surface area contributed by atoms with Crippen LogP contribution >= 0.6 is 23.2 Å². The number of halogens is 2. The molecule has 0 aliphatic carbocycles. The Balaban J connectivity index is 1.48. The van der Waals surface area contributed by atoms with Crippen molar-refractivity contribution in [2.24, 2.45) is 0 Å². The number of hydrogen-bond acceptors (Lipinski definition) is 5. The topological polar surface area (TPSA) is 75.0 Å². The molecular formula is C19H17Cl2N3O4. The maximum absolute atomic E-state index is 12.6. The summed E-state index contributed by atoms with van der Waals surface area (Å²) in [6.07, 6.45) is 1.53. The minimum absolute atomic E-state index is 0.0933. The number of hydrogen-bond donors (Lipinski definition) is 1. The third-order valence-corrected chi connectivity index (χ3v) is 5.25. The molecule has 4 rings (SSSR count). The van der Waals surface area contributed by atoms with Crippen LogP contribution in [0.3, 0.4) is 0 Å². The van der Waals surface area contributed by atoms with Crippen molar-refractivity contribution in [2.45, 2.75) is 6.54 Å². The van der Waals surface area contributed by atoms with Crippen molar-refractivity contribution in [1.82, 2.24) is 10.2 Å². The summed E-state index contributed by atoms with van der Waals surface area (Å²) >= 11 is 11.9. The first-order chi connectivity index (χ1) is 13.5. The van der Waals surface area contributed by atoms with Crippen LogP contribution in [0.5, 0.6) is 0 Å². The lowest BCUT2D eigenvalue weighted by molar-refractivity contribution is -0.123. The highest BCUT2D eigenvalue weighted by atomic mass is 35.5. The largest absolute Gasteiger partial charge is 0.441 e. The van der Waals surface area contributed by atoms with E-state index in [0.29, 0.717) is 40.5 Å². The molecule has 0 atom stereocenters. The molecule has 0 bridgehead atoms. The van der Waals surface area contributed by atoms with E-state index in [1.807, 2.05) is 6.07 Å². The van der Waals surface area contributed by atoms with Gasteiger partial charge in [-0.3, -0.25) is 9.69 Å². The third kappa shape index (κ3) is 3.87. The molecule has 146 valence electrons. The van der Waals surface area contributed by atoms with Gasteiger partial charge in [-0.25, -0.2) is 4.79 Å². The summed E-state index contributed by atoms with van der Waals surface area (Å²) in [6.45, 7) is 2.88. The van der Waals surface area contributed by atoms with Crippen LogP contribution in [0.4, 0.5) is 10.7 Å². The van der Waals surface area contributed by atoms with Gasteiger partial charge in [-0.05, 0) is 23.8 Å². The normalized spacial score (nSPS) is 18.9. The Bertz CT molecular complexity index is 950. The van der Waals surface area contributed by atoms with Gasteiger partial charge in [0, 0.05) is 25.2 Å². The van der Waals surface area contributed by atoms with Crippen molar-refractivity contribution >= 4 is 47.1 Å². The van der Waals surface area contributed by atoms with Gasteiger partial charge in [-0.2, -0.15) is 0 Å². The standard InChI is InChI=1S/C19H17Cl2N3O4/c20-14-3-1-12(9-15(14)21)11-24-18(25)16(22-19(24)26)10-13-2-4-17(28-13)23-5-7-27-8-6-23/h1-4,9-10H,5-8,11H2,(H,22,26)/b16-10-. The summed E-state index contributed by atoms with van der Waals surface area (Å²) in [5.74, 6) is 0.765. The number of carbonyl (C=O) groups is 2. The number of urea groups is 1. The molecule has 3 heterocycles. The molecule has 28 heavy (non-hydrogen) atoms. The van der Waals surface area contributed by atoms with Crippen LogP contribution in [0.25, 0.3) is 6.08 Å². The van der Waals surface area contributed by atoms with Gasteiger partial charge < -0.3 is 19.4 Å². The summed E-state index contributed by atoms with van der Waals surface area (Å²) in [5.41, 5.74) is 0.861. The number of morpholine rings is 1. The monoisotopic (exact) mass is 421 g/mol. The van der Waals surface area contributed by atoms with Crippen molar-refractivity contribution in [2.75, 3.05) is 31.2 Å². The van der Waals surface area contributed by atoms with Crippen LogP contribution in [0.1, 0.15) is 11.3 Å². The van der Waals surface area contributed by atoms with E-state index >= 15 is 0 Å². The molecule has 0 radical (unpaired) electrons. The number of rotatable bonds is 4. The minimum Gasteiger partial charge on any atom is -0.441 e. The number of nitrogens with zero attached hydrogens (tertiary/aromatic N) is 2. The van der Waals surface area contributed by atoms with E-state index in [2.05, 4.69) is 10.2 Å². The second kappa shape index (κ2) is 7.87. The number of nitrogens with one attached hydrogen (secondary N) is 1. The van der Waals surface area contributed by atoms with E-state index in [0.717, 1.165) is 18.0 Å². The zero-order valence-electron chi connectivity index (χ0n) is 14.8. The van der Waals surface area contributed by atoms with E-state index in [-0.39, 0.29) is 12.2 Å². The summed E-state index contributed by atoms with van der Waals surface area (Å²) in [7, 11) is 0. The van der Waals surface area contributed by atoms with Crippen LogP contribution in [0.15, 0.2) is 40.4 Å². The zero-order chi connectivity index (χ0) is 19.7. The van der Waals surface area contributed by atoms with Crippen LogP contribution in [-0.4, -0.2) is 43.1 Å². The average molecular weight is 422 g/mol. The van der Waals surface area contributed by atoms with Gasteiger partial charge in [0.05, 0.1) is 29.8 Å². The Hall–Kier alpha value is -2.48. The molecule has 1 N–H and O–H groups in total. The van der Waals surface area contributed by atoms with E-state index in [4.69, 9.17) is 32.4 Å². The summed E-state index contributed by atoms with van der Waals surface area (Å²) < 4.78 is 11.1. The maximum Gasteiger partial charge on any atom is 0.329 e. The highest BCUT2D eigenvalue weighted by molar-refractivity contribution is 6.42. The Morgan fingerprint density at radius 2 is 1.86 bits per heavy atom. The predicted octanol–water partition coefficient (Wildman–Crippen LogP) is 3.52. The van der Waals surface area contributed by atoms with Crippen molar-refractivity contribution in [1.29, 1.82) is 0 Å². The Labute approximate surface area is 171 Å². The highest BCUT2D eigenvalue weighted by Gasteiger charge is 2.34. The first kappa shape index (κ1) is 18.9. The molecule has 0 unspecified atom stereocenters. The lowest BCUT2D eigenvalue weighted by Gasteiger charge is -2.26. The number of carbonyl (C=O) groups excluding carboxylic acids is 2. The van der Waals surface area contributed by atoms with Crippen LogP contribution in [0, 0.1) is 0 Å². The number of amides is 3. The molecule has 0 saturated carbocycles. The lowest BCUT2D eigenvalue weighted by atomic mass is 10.2. The quantitative estimate of drug-likeness (QED) is 0.603. The van der Waals surface area contributed by atoms with E-state index in [1.54, 1.807) is 24.3 Å². The lowest BCUT2D eigenvalue weighted by Crippen LogP contribution is -2.35. The molecule has 9 heteroatoms. The molecule has 2 saturated heterocycles. The third-order valence-electron chi connectivity index (χ3n) is 4.51. The molecule has 2 aliphatic heterocycles. The van der Waals surface area contributed by atoms with Gasteiger partial charge in [0.25, 0.3) is 5.91 Å². The number of ether oxygens (including phenoxy) is 1. The predicted molar refractivity (Wildman–Crippen MR) is 105 cm³/mol. The molecule has 1 aromatic heterocycles. The molecule has 2 aromatic rings. The first-order valence-corrected chi connectivity index (χ1v) is 9.48. The van der Waals surface area contributed by atoms with Crippen molar-refractivity contribution in [3.8, 4) is 0 Å². The first-order valence-electron chi connectivity index (χ1n) is 8.72. The smallest absolute Gasteiger partial charge is 0.329 e. The fourth-order valence-corrected chi connectivity index (χ4v) is 3.37. The zero-order valence-corrected chi connectivity index (χ0v) is 16.3. The average Bonchev–Trinajstić information content (AvgIpc) is 3.26. The number of benzene rings is 1. The summed E-state index contributed by atoms with van der Waals surface area (Å²) in [4.78, 5) is 28.0. The van der Waals surface area contributed by atoms with Gasteiger partial charge in [0.2, 0.25) is 0 Å². The van der Waals surface area contributed by atoms with E-state index in [9.17, 15) is 9.59 Å². The Morgan fingerprint density at radius 1 is 1.07 bits per heavy atom. The Morgan fingerprint density at radius 3 is 2.61 bits per heavy atom. The fourth-order valence-electron chi connectivity index (χ4n) is 3.05. The molecule has 2 fully saturated rings. The van der Waals surface area contributed by atoms with Gasteiger partial charge in [-0.15, -0.1) is 0 Å². The van der Waals surface area contributed by atoms with Gasteiger partial charge >= 0.3 is 6.03 Å². The van der Waals surface area contributed by atoms with Crippen molar-refractivity contribution in [3.63, 3.8) is 0 Å². The van der Waals surface area contributed by atoms with E-state index in [1.165, 1.54) is 6.08 Å². The van der Waals surface area contributed by atoms with Crippen LogP contribution in [0.2, 0.25) is 10.0 Å². The molecule has 2 aliphatic rings. The number of anilines is 1. The minimum atomic E-state index is -0.498. The van der Waals surface area contributed by atoms with Crippen LogP contribution < -0.4 is 10.2 Å². The second-order valence-electron chi connectivity index (χ2n) is 6.40. The summed E-state index contributed by atoms with van der Waals surface area (Å²) in [6, 6.07) is 8.09. The highest BCUT2D eigenvalue weighted by Crippen LogP contribution is 2.25. The fraction of sp³-hybridized carbons (Fsp3) is 0.263. The number of imide groups is 1. The van der Waals surface area contributed by atoms with Gasteiger partial charge in [-0.1, -0.05) is 29.3 Å². The Kier molecular flexibility index (Phi) is 5.30. The second-order valence-corrected chi connectivity index (χ2v) is 7.22. The van der Waals surface area contributed by atoms with E-state index < -0.39 is 11.9 Å². The van der Waals surface area contributed by atoms with Gasteiger partial charge in [0.15, 0.2) is 5.88 Å². The molecule has 7 nitrogen and oxygen atoms in total. The maximum atomic E-state index is 12.6. The van der Waals surface area contributed by atoms with Crippen molar-refractivity contribution in [3.05, 3.63) is 57.4 Å². The molecular weight excluding hydrogens is 405 g/mol. The molecule has 3 amide bonds. The summed E-state index contributed by atoms with van der Waals surface area (Å²) in [5, 5.41) is 3.37. The molecule has 0 spiro atoms. The van der Waals surface area contributed by atoms with Crippen LogP contribution in [-0.2, 0) is 16.1 Å². The SMILES string of the molecule is O=C1N/C(=C\c2ccc(N3CCOCC3)o2)C(=O)N1Cc1ccc(Cl)c(Cl)c1. The number of furan rings is 1. The van der Waals surface area contributed by atoms with Gasteiger partial charge in [0.1, 0.15) is 11.5 Å². The molecule has 1 aromatic carbocycles.